The van der Waals surface area contributed by atoms with Gasteiger partial charge in [-0.05, 0) is 50.5 Å². The van der Waals surface area contributed by atoms with Crippen molar-refractivity contribution in [2.24, 2.45) is 0 Å². The molecule has 8 heteroatoms. The molecule has 0 unspecified atom stereocenters. The largest absolute Gasteiger partial charge is 0.331 e. The fourth-order valence-corrected chi connectivity index (χ4v) is 3.94. The highest BCUT2D eigenvalue weighted by atomic mass is 16.2. The van der Waals surface area contributed by atoms with E-state index in [4.69, 9.17) is 0 Å². The van der Waals surface area contributed by atoms with E-state index in [0.29, 0.717) is 18.7 Å². The molecule has 2 N–H and O–H groups in total. The zero-order chi connectivity index (χ0) is 19.5. The molecule has 28 heavy (non-hydrogen) atoms. The second-order valence-electron chi connectivity index (χ2n) is 7.50. The molecular formula is C20H26N6O2. The lowest BCUT2D eigenvalue weighted by Gasteiger charge is -2.22. The van der Waals surface area contributed by atoms with Crippen molar-refractivity contribution in [3.05, 3.63) is 35.9 Å². The van der Waals surface area contributed by atoms with Gasteiger partial charge in [-0.25, -0.2) is 4.79 Å². The Hall–Kier alpha value is -2.90. The minimum Gasteiger partial charge on any atom is -0.331 e. The molecule has 4 rings (SSSR count). The second-order valence-corrected chi connectivity index (χ2v) is 7.50. The van der Waals surface area contributed by atoms with Crippen LogP contribution in [-0.4, -0.2) is 32.7 Å². The van der Waals surface area contributed by atoms with E-state index < -0.39 is 0 Å². The third-order valence-electron chi connectivity index (χ3n) is 5.48. The Labute approximate surface area is 164 Å². The van der Waals surface area contributed by atoms with Crippen LogP contribution in [0.1, 0.15) is 50.7 Å². The fourth-order valence-electron chi connectivity index (χ4n) is 3.94. The molecule has 2 aliphatic heterocycles. The van der Waals surface area contributed by atoms with Gasteiger partial charge in [-0.15, -0.1) is 10.2 Å². The van der Waals surface area contributed by atoms with E-state index in [2.05, 4.69) is 32.3 Å². The van der Waals surface area contributed by atoms with Gasteiger partial charge in [-0.2, -0.15) is 0 Å². The van der Waals surface area contributed by atoms with Crippen molar-refractivity contribution in [2.75, 3.05) is 10.2 Å². The Balaban J connectivity index is 1.33. The molecule has 0 bridgehead atoms. The zero-order valence-corrected chi connectivity index (χ0v) is 16.1. The molecule has 2 aromatic rings. The zero-order valence-electron chi connectivity index (χ0n) is 16.1. The number of urea groups is 1. The van der Waals surface area contributed by atoms with Crippen LogP contribution in [0.2, 0.25) is 0 Å². The lowest BCUT2D eigenvalue weighted by molar-refractivity contribution is -0.117. The molecule has 1 aromatic heterocycles. The van der Waals surface area contributed by atoms with E-state index >= 15 is 0 Å². The van der Waals surface area contributed by atoms with Crippen molar-refractivity contribution in [1.29, 1.82) is 0 Å². The van der Waals surface area contributed by atoms with Gasteiger partial charge >= 0.3 is 6.03 Å². The molecule has 2 aliphatic rings. The number of fused-ring (bicyclic) bond motifs is 1. The Morgan fingerprint density at radius 3 is 2.71 bits per heavy atom. The van der Waals surface area contributed by atoms with Crippen LogP contribution in [0, 0.1) is 0 Å². The van der Waals surface area contributed by atoms with Gasteiger partial charge in [0.05, 0.1) is 6.54 Å². The van der Waals surface area contributed by atoms with Crippen molar-refractivity contribution in [2.45, 2.75) is 64.6 Å². The molecule has 1 aromatic carbocycles. The van der Waals surface area contributed by atoms with Gasteiger partial charge in [-0.1, -0.05) is 6.42 Å². The van der Waals surface area contributed by atoms with Gasteiger partial charge in [0.2, 0.25) is 5.91 Å². The van der Waals surface area contributed by atoms with Crippen molar-refractivity contribution in [1.82, 2.24) is 20.1 Å². The number of hydrogen-bond donors (Lipinski definition) is 2. The lowest BCUT2D eigenvalue weighted by atomic mass is 10.2. The van der Waals surface area contributed by atoms with Crippen LogP contribution in [-0.2, 0) is 24.3 Å². The molecule has 1 atom stereocenters. The van der Waals surface area contributed by atoms with Gasteiger partial charge in [-0.3, -0.25) is 4.79 Å². The summed E-state index contributed by atoms with van der Waals surface area (Å²) in [6.45, 7) is 3.31. The summed E-state index contributed by atoms with van der Waals surface area (Å²) in [4.78, 5) is 26.1. The number of benzene rings is 1. The van der Waals surface area contributed by atoms with Crippen molar-refractivity contribution in [3.63, 3.8) is 0 Å². The van der Waals surface area contributed by atoms with Gasteiger partial charge in [0.1, 0.15) is 5.82 Å². The van der Waals surface area contributed by atoms with Crippen LogP contribution < -0.4 is 15.5 Å². The molecule has 8 nitrogen and oxygen atoms in total. The van der Waals surface area contributed by atoms with E-state index in [1.54, 1.807) is 0 Å². The standard InChI is InChI=1S/C20H26N6O2/c1-14-6-11-19(27)26(14)16-9-7-15(8-10-16)22-20(28)21-13-18-24-23-17-5-3-2-4-12-25(17)18/h7-10,14H,2-6,11-13H2,1H3,(H2,21,22,28)/t14-/m1/s1. The number of amides is 3. The Morgan fingerprint density at radius 2 is 1.96 bits per heavy atom. The minimum absolute atomic E-state index is 0.151. The van der Waals surface area contributed by atoms with Crippen LogP contribution in [0.5, 0.6) is 0 Å². The SMILES string of the molecule is C[C@@H]1CCC(=O)N1c1ccc(NC(=O)NCc2nnc3n2CCCCC3)cc1. The summed E-state index contributed by atoms with van der Waals surface area (Å²) in [5, 5.41) is 14.1. The molecular weight excluding hydrogens is 356 g/mol. The average Bonchev–Trinajstić information content (AvgIpc) is 3.13. The summed E-state index contributed by atoms with van der Waals surface area (Å²) < 4.78 is 2.12. The van der Waals surface area contributed by atoms with Crippen molar-refractivity contribution in [3.8, 4) is 0 Å². The molecule has 0 saturated carbocycles. The molecule has 1 fully saturated rings. The molecule has 1 saturated heterocycles. The van der Waals surface area contributed by atoms with E-state index in [9.17, 15) is 9.59 Å². The predicted octanol–water partition coefficient (Wildman–Crippen LogP) is 2.84. The quantitative estimate of drug-likeness (QED) is 0.850. The van der Waals surface area contributed by atoms with Gasteiger partial charge in [0, 0.05) is 36.8 Å². The molecule has 148 valence electrons. The molecule has 3 amide bonds. The molecule has 0 spiro atoms. The van der Waals surface area contributed by atoms with Crippen LogP contribution in [0.25, 0.3) is 0 Å². The third-order valence-corrected chi connectivity index (χ3v) is 5.48. The van der Waals surface area contributed by atoms with Gasteiger partial charge in [0.25, 0.3) is 0 Å². The maximum atomic E-state index is 12.2. The normalized spacial score (nSPS) is 19.2. The number of anilines is 2. The molecule has 0 radical (unpaired) electrons. The van der Waals surface area contributed by atoms with E-state index in [1.807, 2.05) is 29.2 Å². The molecule has 3 heterocycles. The van der Waals surface area contributed by atoms with Gasteiger partial charge < -0.3 is 20.1 Å². The number of nitrogens with zero attached hydrogens (tertiary/aromatic N) is 4. The minimum atomic E-state index is -0.288. The van der Waals surface area contributed by atoms with E-state index in [0.717, 1.165) is 49.6 Å². The summed E-state index contributed by atoms with van der Waals surface area (Å²) in [5.41, 5.74) is 1.55. The topological polar surface area (TPSA) is 92.2 Å². The highest BCUT2D eigenvalue weighted by Crippen LogP contribution is 2.27. The Morgan fingerprint density at radius 1 is 1.14 bits per heavy atom. The highest BCUT2D eigenvalue weighted by Gasteiger charge is 2.28. The number of nitrogens with one attached hydrogen (secondary N) is 2. The summed E-state index contributed by atoms with van der Waals surface area (Å²) in [5.74, 6) is 1.96. The smallest absolute Gasteiger partial charge is 0.319 e. The first-order valence-electron chi connectivity index (χ1n) is 10.00. The number of aromatic nitrogens is 3. The Bertz CT molecular complexity index is 860. The predicted molar refractivity (Wildman–Crippen MR) is 106 cm³/mol. The van der Waals surface area contributed by atoms with Crippen LogP contribution in [0.15, 0.2) is 24.3 Å². The third kappa shape index (κ3) is 3.85. The number of carbonyl (C=O) groups excluding carboxylic acids is 2. The maximum absolute atomic E-state index is 12.2. The first kappa shape index (κ1) is 18.5. The van der Waals surface area contributed by atoms with Crippen molar-refractivity contribution >= 4 is 23.3 Å². The number of carbonyl (C=O) groups is 2. The number of aryl methyl sites for hydroxylation is 1. The molecule has 0 aliphatic carbocycles. The monoisotopic (exact) mass is 382 g/mol. The summed E-state index contributed by atoms with van der Waals surface area (Å²) in [6, 6.07) is 7.30. The second kappa shape index (κ2) is 8.00. The van der Waals surface area contributed by atoms with Crippen LogP contribution >= 0.6 is 0 Å². The van der Waals surface area contributed by atoms with Crippen LogP contribution in [0.3, 0.4) is 0 Å². The summed E-state index contributed by atoms with van der Waals surface area (Å²) in [7, 11) is 0. The Kier molecular flexibility index (Phi) is 5.27. The average molecular weight is 382 g/mol. The number of rotatable bonds is 4. The first-order valence-corrected chi connectivity index (χ1v) is 10.00. The van der Waals surface area contributed by atoms with Crippen LogP contribution in [0.4, 0.5) is 16.2 Å². The summed E-state index contributed by atoms with van der Waals surface area (Å²) >= 11 is 0. The highest BCUT2D eigenvalue weighted by molar-refractivity contribution is 5.96. The van der Waals surface area contributed by atoms with Crippen molar-refractivity contribution < 1.29 is 9.59 Å². The van der Waals surface area contributed by atoms with E-state index in [1.165, 1.54) is 6.42 Å². The number of hydrogen-bond acceptors (Lipinski definition) is 4. The lowest BCUT2D eigenvalue weighted by Crippen LogP contribution is -2.31. The first-order chi connectivity index (χ1) is 13.6. The summed E-state index contributed by atoms with van der Waals surface area (Å²) in [6.07, 6.45) is 5.89. The van der Waals surface area contributed by atoms with E-state index in [-0.39, 0.29) is 18.0 Å². The van der Waals surface area contributed by atoms with Gasteiger partial charge in [0.15, 0.2) is 5.82 Å². The maximum Gasteiger partial charge on any atom is 0.319 e. The fraction of sp³-hybridized carbons (Fsp3) is 0.500.